The van der Waals surface area contributed by atoms with Gasteiger partial charge in [0.25, 0.3) is 0 Å². The number of rotatable bonds is 5. The molecular weight excluding hydrogens is 380 g/mol. The van der Waals surface area contributed by atoms with Crippen LogP contribution in [0.25, 0.3) is 0 Å². The van der Waals surface area contributed by atoms with Crippen molar-refractivity contribution in [3.63, 3.8) is 0 Å². The lowest BCUT2D eigenvalue weighted by molar-refractivity contribution is -0.134. The summed E-state index contributed by atoms with van der Waals surface area (Å²) in [6.07, 6.45) is 15.2. The fourth-order valence-electron chi connectivity index (χ4n) is 8.38. The first-order valence-electron chi connectivity index (χ1n) is 12.9. The average Bonchev–Trinajstić information content (AvgIpc) is 3.06. The van der Waals surface area contributed by atoms with Crippen molar-refractivity contribution in [2.75, 3.05) is 0 Å². The highest BCUT2D eigenvalue weighted by Gasteiger charge is 2.61. The zero-order valence-electron chi connectivity index (χ0n) is 20.5. The fraction of sp³-hybridized carbons (Fsp3) is 0.759. The molecule has 4 rings (SSSR count). The van der Waals surface area contributed by atoms with E-state index in [0.717, 1.165) is 19.3 Å². The number of aliphatic hydroxyl groups is 1. The molecule has 0 radical (unpaired) electrons. The molecule has 0 spiro atoms. The van der Waals surface area contributed by atoms with Gasteiger partial charge in [-0.1, -0.05) is 57.6 Å². The Morgan fingerprint density at radius 1 is 1.19 bits per heavy atom. The van der Waals surface area contributed by atoms with Crippen molar-refractivity contribution in [2.24, 2.45) is 46.3 Å². The van der Waals surface area contributed by atoms with E-state index in [1.807, 2.05) is 6.08 Å². The number of fused-ring (bicyclic) bond motifs is 5. The van der Waals surface area contributed by atoms with Gasteiger partial charge in [-0.25, -0.2) is 0 Å². The van der Waals surface area contributed by atoms with Crippen LogP contribution >= 0.6 is 0 Å². The van der Waals surface area contributed by atoms with Crippen molar-refractivity contribution < 1.29 is 9.90 Å². The Kier molecular flexibility index (Phi) is 6.18. The first-order chi connectivity index (χ1) is 14.6. The van der Waals surface area contributed by atoms with Gasteiger partial charge < -0.3 is 5.11 Å². The molecule has 2 heteroatoms. The van der Waals surface area contributed by atoms with Crippen molar-refractivity contribution in [3.8, 4) is 0 Å². The van der Waals surface area contributed by atoms with Gasteiger partial charge in [-0.15, -0.1) is 0 Å². The summed E-state index contributed by atoms with van der Waals surface area (Å²) in [7, 11) is 0. The number of hydrogen-bond donors (Lipinski definition) is 1. The third-order valence-electron chi connectivity index (χ3n) is 10.3. The molecule has 0 aromatic carbocycles. The van der Waals surface area contributed by atoms with E-state index in [4.69, 9.17) is 0 Å². The molecule has 3 fully saturated rings. The van der Waals surface area contributed by atoms with E-state index in [1.54, 1.807) is 0 Å². The standard InChI is InChI=1S/C29H44O2/c1-7-20(18(2)3)9-8-19(4)23-10-11-24-27-25(13-15-29(23,24)6)28(5)14-12-22(30)16-21(28)17-26(27)31/h8-9,17,19-20,22-25,27,30H,2,7,10-16H2,1,3-6H3/t19-,20-,22+,23-,24+,25+,27+,28+,29-/m1/s1. The quantitative estimate of drug-likeness (QED) is 0.487. The molecule has 0 heterocycles. The smallest absolute Gasteiger partial charge is 0.159 e. The van der Waals surface area contributed by atoms with E-state index in [0.29, 0.717) is 41.8 Å². The molecule has 9 atom stereocenters. The Hall–Kier alpha value is -1.15. The molecule has 0 saturated heterocycles. The number of carbonyl (C=O) groups excluding carboxylic acids is 1. The van der Waals surface area contributed by atoms with Crippen molar-refractivity contribution in [1.82, 2.24) is 0 Å². The Balaban J connectivity index is 1.58. The van der Waals surface area contributed by atoms with Gasteiger partial charge in [-0.05, 0) is 105 Å². The number of carbonyl (C=O) groups is 1. The van der Waals surface area contributed by atoms with Crippen molar-refractivity contribution in [1.29, 1.82) is 0 Å². The first kappa shape index (κ1) is 23.0. The lowest BCUT2D eigenvalue weighted by Gasteiger charge is -2.57. The van der Waals surface area contributed by atoms with Gasteiger partial charge in [0.05, 0.1) is 6.10 Å². The first-order valence-corrected chi connectivity index (χ1v) is 12.9. The summed E-state index contributed by atoms with van der Waals surface area (Å²) >= 11 is 0. The second-order valence-corrected chi connectivity index (χ2v) is 12.0. The molecule has 0 unspecified atom stereocenters. The second-order valence-electron chi connectivity index (χ2n) is 12.0. The minimum Gasteiger partial charge on any atom is -0.393 e. The summed E-state index contributed by atoms with van der Waals surface area (Å²) in [5, 5.41) is 10.2. The highest BCUT2D eigenvalue weighted by molar-refractivity contribution is 5.94. The Morgan fingerprint density at radius 2 is 1.94 bits per heavy atom. The maximum absolute atomic E-state index is 13.4. The van der Waals surface area contributed by atoms with Crippen LogP contribution in [0, 0.1) is 46.3 Å². The molecule has 2 nitrogen and oxygen atoms in total. The summed E-state index contributed by atoms with van der Waals surface area (Å²) in [6.45, 7) is 15.9. The van der Waals surface area contributed by atoms with E-state index in [9.17, 15) is 9.90 Å². The molecule has 4 aliphatic carbocycles. The molecule has 0 aromatic rings. The fourth-order valence-corrected chi connectivity index (χ4v) is 8.38. The van der Waals surface area contributed by atoms with Gasteiger partial charge in [0, 0.05) is 5.92 Å². The van der Waals surface area contributed by atoms with Crippen molar-refractivity contribution in [3.05, 3.63) is 36.0 Å². The van der Waals surface area contributed by atoms with E-state index in [-0.39, 0.29) is 22.9 Å². The summed E-state index contributed by atoms with van der Waals surface area (Å²) < 4.78 is 0. The van der Waals surface area contributed by atoms with Crippen LogP contribution in [0.3, 0.4) is 0 Å². The molecule has 3 saturated carbocycles. The SMILES string of the molecule is C=C(C)[C@@H](C=C[C@@H](C)[C@H]1CC[C@H]2[C@@H]3C(=O)C=C4C[C@@H](O)CC[C@]4(C)[C@H]3CC[C@]12C)CC. The van der Waals surface area contributed by atoms with Crippen molar-refractivity contribution in [2.45, 2.75) is 92.1 Å². The summed E-state index contributed by atoms with van der Waals surface area (Å²) in [5.41, 5.74) is 2.89. The van der Waals surface area contributed by atoms with Crippen molar-refractivity contribution >= 4 is 5.78 Å². The Labute approximate surface area is 190 Å². The predicted molar refractivity (Wildman–Crippen MR) is 128 cm³/mol. The predicted octanol–water partition coefficient (Wildman–Crippen LogP) is 6.90. The zero-order valence-corrected chi connectivity index (χ0v) is 20.5. The monoisotopic (exact) mass is 424 g/mol. The molecule has 0 aromatic heterocycles. The van der Waals surface area contributed by atoms with Gasteiger partial charge in [0.15, 0.2) is 5.78 Å². The third kappa shape index (κ3) is 3.71. The number of aliphatic hydroxyl groups excluding tert-OH is 1. The normalized spacial score (nSPS) is 44.3. The lowest BCUT2D eigenvalue weighted by atomic mass is 9.46. The highest BCUT2D eigenvalue weighted by Crippen LogP contribution is 2.66. The topological polar surface area (TPSA) is 37.3 Å². The van der Waals surface area contributed by atoms with Crippen LogP contribution in [-0.2, 0) is 4.79 Å². The summed E-state index contributed by atoms with van der Waals surface area (Å²) in [6, 6.07) is 0. The summed E-state index contributed by atoms with van der Waals surface area (Å²) in [5.74, 6) is 3.25. The molecule has 172 valence electrons. The van der Waals surface area contributed by atoms with Gasteiger partial charge in [-0.3, -0.25) is 4.79 Å². The van der Waals surface area contributed by atoms with E-state index >= 15 is 0 Å². The molecule has 1 N–H and O–H groups in total. The molecule has 31 heavy (non-hydrogen) atoms. The zero-order chi connectivity index (χ0) is 22.6. The number of allylic oxidation sites excluding steroid dienone is 4. The van der Waals surface area contributed by atoms with Crippen LogP contribution in [0.4, 0.5) is 0 Å². The van der Waals surface area contributed by atoms with E-state index in [2.05, 4.69) is 53.3 Å². The van der Waals surface area contributed by atoms with Gasteiger partial charge in [0.2, 0.25) is 0 Å². The van der Waals surface area contributed by atoms with Gasteiger partial charge >= 0.3 is 0 Å². The van der Waals surface area contributed by atoms with Gasteiger partial charge in [0.1, 0.15) is 0 Å². The lowest BCUT2D eigenvalue weighted by Crippen LogP contribution is -2.53. The number of hydrogen-bond acceptors (Lipinski definition) is 2. The molecular formula is C29H44O2. The van der Waals surface area contributed by atoms with Crippen LogP contribution < -0.4 is 0 Å². The molecule has 4 aliphatic rings. The maximum Gasteiger partial charge on any atom is 0.159 e. The molecule has 0 amide bonds. The minimum atomic E-state index is -0.257. The third-order valence-corrected chi connectivity index (χ3v) is 10.3. The maximum atomic E-state index is 13.4. The Bertz CT molecular complexity index is 791. The van der Waals surface area contributed by atoms with Crippen LogP contribution in [0.2, 0.25) is 0 Å². The van der Waals surface area contributed by atoms with Crippen LogP contribution in [0.15, 0.2) is 36.0 Å². The molecule has 0 aliphatic heterocycles. The highest BCUT2D eigenvalue weighted by atomic mass is 16.3. The van der Waals surface area contributed by atoms with Crippen LogP contribution in [0.5, 0.6) is 0 Å². The van der Waals surface area contributed by atoms with Crippen LogP contribution in [0.1, 0.15) is 86.0 Å². The average molecular weight is 425 g/mol. The van der Waals surface area contributed by atoms with Gasteiger partial charge in [-0.2, -0.15) is 0 Å². The Morgan fingerprint density at radius 3 is 2.61 bits per heavy atom. The molecule has 0 bridgehead atoms. The van der Waals surface area contributed by atoms with E-state index in [1.165, 1.54) is 36.8 Å². The number of ketones is 1. The minimum absolute atomic E-state index is 0.124. The largest absolute Gasteiger partial charge is 0.393 e. The second kappa shape index (κ2) is 8.32. The van der Waals surface area contributed by atoms with E-state index < -0.39 is 0 Å². The van der Waals surface area contributed by atoms with Crippen LogP contribution in [-0.4, -0.2) is 17.0 Å². The summed E-state index contributed by atoms with van der Waals surface area (Å²) in [4.78, 5) is 13.4.